The third-order valence-corrected chi connectivity index (χ3v) is 2.49. The molecule has 0 bridgehead atoms. The highest BCUT2D eigenvalue weighted by Gasteiger charge is 2.14. The van der Waals surface area contributed by atoms with Crippen molar-refractivity contribution in [1.82, 2.24) is 15.5 Å². The Labute approximate surface area is 96.3 Å². The van der Waals surface area contributed by atoms with Gasteiger partial charge in [-0.05, 0) is 5.92 Å². The first kappa shape index (κ1) is 13.1. The lowest BCUT2D eigenvalue weighted by molar-refractivity contribution is 0.206. The van der Waals surface area contributed by atoms with Crippen LogP contribution in [0.25, 0.3) is 0 Å². The number of hydrogen-bond acceptors (Lipinski definition) is 5. The van der Waals surface area contributed by atoms with Crippen LogP contribution in [0.15, 0.2) is 4.42 Å². The topological polar surface area (TPSA) is 71.2 Å². The van der Waals surface area contributed by atoms with E-state index in [0.717, 1.165) is 0 Å². The van der Waals surface area contributed by atoms with E-state index in [4.69, 9.17) is 9.52 Å². The Bertz CT molecular complexity index is 310. The average molecular weight is 227 g/mol. The van der Waals surface area contributed by atoms with Crippen LogP contribution in [0, 0.1) is 5.92 Å². The fourth-order valence-electron chi connectivity index (χ4n) is 1.30. The van der Waals surface area contributed by atoms with Gasteiger partial charge in [-0.1, -0.05) is 27.7 Å². The van der Waals surface area contributed by atoms with E-state index in [0.29, 0.717) is 24.2 Å². The zero-order valence-electron chi connectivity index (χ0n) is 10.4. The molecule has 0 fully saturated rings. The van der Waals surface area contributed by atoms with Gasteiger partial charge in [-0.2, -0.15) is 0 Å². The molecule has 0 aromatic carbocycles. The largest absolute Gasteiger partial charge is 0.424 e. The lowest BCUT2D eigenvalue weighted by atomic mass is 10.1. The lowest BCUT2D eigenvalue weighted by Crippen LogP contribution is -2.36. The van der Waals surface area contributed by atoms with Crippen molar-refractivity contribution < 1.29 is 9.52 Å². The standard InChI is InChI=1S/C11H21N3O2/c1-7(2)9(6-15)12-5-10-13-14-11(16-10)8(3)4/h7-9,12,15H,5-6H2,1-4H3/t9-/m1/s1. The molecule has 0 saturated carbocycles. The predicted octanol–water partition coefficient (Wildman–Crippen LogP) is 1.30. The van der Waals surface area contributed by atoms with E-state index in [2.05, 4.69) is 29.4 Å². The fraction of sp³-hybridized carbons (Fsp3) is 0.818. The van der Waals surface area contributed by atoms with Crippen LogP contribution in [-0.2, 0) is 6.54 Å². The van der Waals surface area contributed by atoms with Gasteiger partial charge in [0.2, 0.25) is 11.8 Å². The molecule has 92 valence electrons. The van der Waals surface area contributed by atoms with E-state index in [9.17, 15) is 0 Å². The summed E-state index contributed by atoms with van der Waals surface area (Å²) in [5, 5.41) is 20.2. The van der Waals surface area contributed by atoms with Crippen molar-refractivity contribution in [3.05, 3.63) is 11.8 Å². The maximum absolute atomic E-state index is 9.14. The minimum absolute atomic E-state index is 0.0643. The Kier molecular flexibility index (Phi) is 4.89. The van der Waals surface area contributed by atoms with Crippen LogP contribution in [0.3, 0.4) is 0 Å². The second-order valence-corrected chi connectivity index (χ2v) is 4.60. The van der Waals surface area contributed by atoms with Crippen molar-refractivity contribution in [2.75, 3.05) is 6.61 Å². The SMILES string of the molecule is CC(C)c1nnc(CN[C@H](CO)C(C)C)o1. The van der Waals surface area contributed by atoms with Crippen LogP contribution in [0.2, 0.25) is 0 Å². The van der Waals surface area contributed by atoms with E-state index in [1.165, 1.54) is 0 Å². The van der Waals surface area contributed by atoms with Crippen molar-refractivity contribution in [1.29, 1.82) is 0 Å². The third kappa shape index (κ3) is 3.57. The minimum Gasteiger partial charge on any atom is -0.424 e. The summed E-state index contributed by atoms with van der Waals surface area (Å²) >= 11 is 0. The molecule has 1 heterocycles. The molecule has 16 heavy (non-hydrogen) atoms. The van der Waals surface area contributed by atoms with Crippen molar-refractivity contribution in [3.63, 3.8) is 0 Å². The summed E-state index contributed by atoms with van der Waals surface area (Å²) in [6.07, 6.45) is 0. The van der Waals surface area contributed by atoms with E-state index in [-0.39, 0.29) is 18.6 Å². The molecule has 0 saturated heterocycles. The maximum Gasteiger partial charge on any atom is 0.230 e. The molecule has 1 aromatic rings. The van der Waals surface area contributed by atoms with Gasteiger partial charge in [0.1, 0.15) is 0 Å². The summed E-state index contributed by atoms with van der Waals surface area (Å²) in [4.78, 5) is 0. The van der Waals surface area contributed by atoms with Crippen LogP contribution < -0.4 is 5.32 Å². The molecule has 5 nitrogen and oxygen atoms in total. The highest BCUT2D eigenvalue weighted by Crippen LogP contribution is 2.12. The van der Waals surface area contributed by atoms with Gasteiger partial charge in [-0.3, -0.25) is 0 Å². The van der Waals surface area contributed by atoms with Gasteiger partial charge in [0.25, 0.3) is 0 Å². The van der Waals surface area contributed by atoms with Crippen molar-refractivity contribution in [2.24, 2.45) is 5.92 Å². The first-order valence-electron chi connectivity index (χ1n) is 5.71. The van der Waals surface area contributed by atoms with Crippen molar-refractivity contribution >= 4 is 0 Å². The normalized spacial score (nSPS) is 13.7. The zero-order chi connectivity index (χ0) is 12.1. The number of aromatic nitrogens is 2. The molecule has 0 aliphatic carbocycles. The van der Waals surface area contributed by atoms with Gasteiger partial charge in [0.05, 0.1) is 13.2 Å². The number of aliphatic hydroxyl groups is 1. The van der Waals surface area contributed by atoms with Gasteiger partial charge in [-0.25, -0.2) is 0 Å². The van der Waals surface area contributed by atoms with Gasteiger partial charge in [0, 0.05) is 12.0 Å². The van der Waals surface area contributed by atoms with Gasteiger partial charge in [0.15, 0.2) is 0 Å². The number of rotatable bonds is 6. The quantitative estimate of drug-likeness (QED) is 0.766. The summed E-state index contributed by atoms with van der Waals surface area (Å²) in [6.45, 7) is 8.75. The van der Waals surface area contributed by atoms with Crippen LogP contribution in [-0.4, -0.2) is 28.0 Å². The summed E-state index contributed by atoms with van der Waals surface area (Å²) in [5.74, 6) is 1.85. The molecule has 0 aliphatic rings. The number of aliphatic hydroxyl groups excluding tert-OH is 1. The third-order valence-electron chi connectivity index (χ3n) is 2.49. The number of hydrogen-bond donors (Lipinski definition) is 2. The molecule has 0 amide bonds. The molecular formula is C11H21N3O2. The Balaban J connectivity index is 2.47. The Morgan fingerprint density at radius 2 is 1.94 bits per heavy atom. The van der Waals surface area contributed by atoms with E-state index in [1.807, 2.05) is 13.8 Å². The lowest BCUT2D eigenvalue weighted by Gasteiger charge is -2.18. The monoisotopic (exact) mass is 227 g/mol. The second-order valence-electron chi connectivity index (χ2n) is 4.60. The smallest absolute Gasteiger partial charge is 0.230 e. The van der Waals surface area contributed by atoms with Crippen LogP contribution in [0.1, 0.15) is 45.4 Å². The molecule has 5 heteroatoms. The summed E-state index contributed by atoms with van der Waals surface area (Å²) in [7, 11) is 0. The highest BCUT2D eigenvalue weighted by atomic mass is 16.4. The van der Waals surface area contributed by atoms with E-state index >= 15 is 0 Å². The van der Waals surface area contributed by atoms with E-state index < -0.39 is 0 Å². The van der Waals surface area contributed by atoms with Crippen LogP contribution >= 0.6 is 0 Å². The predicted molar refractivity (Wildman–Crippen MR) is 60.9 cm³/mol. The number of nitrogens with one attached hydrogen (secondary N) is 1. The second kappa shape index (κ2) is 5.96. The molecule has 1 rings (SSSR count). The van der Waals surface area contributed by atoms with Gasteiger partial charge < -0.3 is 14.8 Å². The molecule has 1 aromatic heterocycles. The van der Waals surface area contributed by atoms with Crippen LogP contribution in [0.5, 0.6) is 0 Å². The molecule has 0 spiro atoms. The Morgan fingerprint density at radius 1 is 1.25 bits per heavy atom. The van der Waals surface area contributed by atoms with E-state index in [1.54, 1.807) is 0 Å². The van der Waals surface area contributed by atoms with Crippen molar-refractivity contribution in [3.8, 4) is 0 Å². The highest BCUT2D eigenvalue weighted by molar-refractivity contribution is 4.87. The number of nitrogens with zero attached hydrogens (tertiary/aromatic N) is 2. The summed E-state index contributed by atoms with van der Waals surface area (Å²) in [6, 6.07) is 0.0643. The first-order valence-corrected chi connectivity index (χ1v) is 5.71. The summed E-state index contributed by atoms with van der Waals surface area (Å²) < 4.78 is 5.45. The summed E-state index contributed by atoms with van der Waals surface area (Å²) in [5.41, 5.74) is 0. The van der Waals surface area contributed by atoms with Crippen molar-refractivity contribution in [2.45, 2.75) is 46.2 Å². The molecule has 1 atom stereocenters. The molecule has 2 N–H and O–H groups in total. The molecular weight excluding hydrogens is 206 g/mol. The Hall–Kier alpha value is -0.940. The molecule has 0 aliphatic heterocycles. The zero-order valence-corrected chi connectivity index (χ0v) is 10.4. The van der Waals surface area contributed by atoms with Gasteiger partial charge >= 0.3 is 0 Å². The van der Waals surface area contributed by atoms with Crippen LogP contribution in [0.4, 0.5) is 0 Å². The Morgan fingerprint density at radius 3 is 2.38 bits per heavy atom. The molecule has 0 radical (unpaired) electrons. The molecule has 0 unspecified atom stereocenters. The average Bonchev–Trinajstić information content (AvgIpc) is 2.67. The first-order chi connectivity index (χ1) is 7.54. The fourth-order valence-corrected chi connectivity index (χ4v) is 1.30. The minimum atomic E-state index is 0.0643. The van der Waals surface area contributed by atoms with Gasteiger partial charge in [-0.15, -0.1) is 10.2 Å². The maximum atomic E-state index is 9.14.